The van der Waals surface area contributed by atoms with Crippen LogP contribution in [0.3, 0.4) is 0 Å². The predicted molar refractivity (Wildman–Crippen MR) is 51.2 cm³/mol. The van der Waals surface area contributed by atoms with Crippen LogP contribution in [-0.4, -0.2) is 6.54 Å². The van der Waals surface area contributed by atoms with Crippen molar-refractivity contribution in [2.45, 2.75) is 25.2 Å². The quantitative estimate of drug-likeness (QED) is 0.721. The maximum absolute atomic E-state index is 5.47. The van der Waals surface area contributed by atoms with Crippen LogP contribution in [0, 0.1) is 0 Å². The Morgan fingerprint density at radius 1 is 1.17 bits per heavy atom. The van der Waals surface area contributed by atoms with Crippen LogP contribution in [-0.2, 0) is 6.42 Å². The first-order chi connectivity index (χ1) is 5.90. The summed E-state index contributed by atoms with van der Waals surface area (Å²) in [5.74, 6) is 0.872. The lowest BCUT2D eigenvalue weighted by Gasteiger charge is -2.00. The van der Waals surface area contributed by atoms with Gasteiger partial charge in [-0.25, -0.2) is 0 Å². The zero-order chi connectivity index (χ0) is 8.39. The lowest BCUT2D eigenvalue weighted by Crippen LogP contribution is -2.02. The molecule has 1 saturated carbocycles. The van der Waals surface area contributed by atoms with Crippen LogP contribution in [0.4, 0.5) is 0 Å². The highest BCUT2D eigenvalue weighted by atomic mass is 14.5. The van der Waals surface area contributed by atoms with Crippen molar-refractivity contribution >= 4 is 0 Å². The fourth-order valence-electron chi connectivity index (χ4n) is 1.54. The van der Waals surface area contributed by atoms with Crippen LogP contribution in [0.25, 0.3) is 0 Å². The smallest absolute Gasteiger partial charge is 0.00367 e. The Labute approximate surface area is 73.6 Å². The van der Waals surface area contributed by atoms with E-state index in [9.17, 15) is 0 Å². The molecule has 1 fully saturated rings. The molecule has 12 heavy (non-hydrogen) atoms. The van der Waals surface area contributed by atoms with Crippen molar-refractivity contribution in [3.8, 4) is 0 Å². The molecule has 0 radical (unpaired) electrons. The topological polar surface area (TPSA) is 26.0 Å². The Morgan fingerprint density at radius 3 is 2.33 bits per heavy atom. The van der Waals surface area contributed by atoms with Gasteiger partial charge in [0.2, 0.25) is 0 Å². The molecule has 0 aromatic heterocycles. The van der Waals surface area contributed by atoms with Crippen LogP contribution in [0.15, 0.2) is 24.3 Å². The van der Waals surface area contributed by atoms with Crippen LogP contribution < -0.4 is 5.73 Å². The lowest BCUT2D eigenvalue weighted by atomic mass is 10.1. The van der Waals surface area contributed by atoms with Crippen molar-refractivity contribution < 1.29 is 0 Å². The summed E-state index contributed by atoms with van der Waals surface area (Å²) in [7, 11) is 0. The van der Waals surface area contributed by atoms with Crippen molar-refractivity contribution in [1.82, 2.24) is 0 Å². The van der Waals surface area contributed by atoms with Gasteiger partial charge in [-0.15, -0.1) is 0 Å². The van der Waals surface area contributed by atoms with Gasteiger partial charge in [0.15, 0.2) is 0 Å². The van der Waals surface area contributed by atoms with Gasteiger partial charge in [-0.3, -0.25) is 0 Å². The maximum atomic E-state index is 5.47. The fourth-order valence-corrected chi connectivity index (χ4v) is 1.54. The minimum Gasteiger partial charge on any atom is -0.330 e. The molecule has 0 bridgehead atoms. The molecule has 0 heterocycles. The van der Waals surface area contributed by atoms with Crippen molar-refractivity contribution in [3.05, 3.63) is 35.4 Å². The standard InChI is InChI=1S/C11H15N/c12-8-7-9-1-3-10(4-2-9)11-5-6-11/h1-4,11H,5-8,12H2. The molecule has 1 aromatic carbocycles. The number of hydrogen-bond acceptors (Lipinski definition) is 1. The Hall–Kier alpha value is -0.820. The third-order valence-electron chi connectivity index (χ3n) is 2.46. The van der Waals surface area contributed by atoms with E-state index in [1.54, 1.807) is 0 Å². The van der Waals surface area contributed by atoms with Gasteiger partial charge in [-0.05, 0) is 42.9 Å². The molecule has 0 saturated heterocycles. The van der Waals surface area contributed by atoms with E-state index in [4.69, 9.17) is 5.73 Å². The van der Waals surface area contributed by atoms with Crippen LogP contribution >= 0.6 is 0 Å². The van der Waals surface area contributed by atoms with Crippen LogP contribution in [0.1, 0.15) is 29.9 Å². The van der Waals surface area contributed by atoms with Crippen LogP contribution in [0.5, 0.6) is 0 Å². The summed E-state index contributed by atoms with van der Waals surface area (Å²) in [5.41, 5.74) is 8.34. The summed E-state index contributed by atoms with van der Waals surface area (Å²) < 4.78 is 0. The van der Waals surface area contributed by atoms with Crippen LogP contribution in [0.2, 0.25) is 0 Å². The first kappa shape index (κ1) is 7.81. The van der Waals surface area contributed by atoms with Gasteiger partial charge in [0.25, 0.3) is 0 Å². The SMILES string of the molecule is NCCc1ccc(C2CC2)cc1. The second-order valence-electron chi connectivity index (χ2n) is 3.55. The summed E-state index contributed by atoms with van der Waals surface area (Å²) in [6, 6.07) is 8.92. The molecule has 1 heteroatoms. The normalized spacial score (nSPS) is 16.4. The van der Waals surface area contributed by atoms with Gasteiger partial charge in [-0.2, -0.15) is 0 Å². The molecule has 2 rings (SSSR count). The van der Waals surface area contributed by atoms with Gasteiger partial charge in [0.05, 0.1) is 0 Å². The average Bonchev–Trinajstić information content (AvgIpc) is 2.89. The minimum atomic E-state index is 0.753. The molecule has 0 unspecified atom stereocenters. The largest absolute Gasteiger partial charge is 0.330 e. The average molecular weight is 161 g/mol. The third-order valence-corrected chi connectivity index (χ3v) is 2.46. The van der Waals surface area contributed by atoms with E-state index in [0.717, 1.165) is 18.9 Å². The molecule has 2 N–H and O–H groups in total. The second-order valence-corrected chi connectivity index (χ2v) is 3.55. The first-order valence-electron chi connectivity index (χ1n) is 4.69. The first-order valence-corrected chi connectivity index (χ1v) is 4.69. The van der Waals surface area contributed by atoms with Gasteiger partial charge in [0.1, 0.15) is 0 Å². The molecule has 1 aromatic rings. The molecule has 0 atom stereocenters. The molecule has 64 valence electrons. The highest BCUT2D eigenvalue weighted by Crippen LogP contribution is 2.39. The predicted octanol–water partition coefficient (Wildman–Crippen LogP) is 2.07. The van der Waals surface area contributed by atoms with Gasteiger partial charge >= 0.3 is 0 Å². The summed E-state index contributed by atoms with van der Waals surface area (Å²) in [5, 5.41) is 0. The van der Waals surface area contributed by atoms with E-state index in [1.807, 2.05) is 0 Å². The highest BCUT2D eigenvalue weighted by Gasteiger charge is 2.22. The molecule has 0 aliphatic heterocycles. The Morgan fingerprint density at radius 2 is 1.83 bits per heavy atom. The monoisotopic (exact) mass is 161 g/mol. The number of hydrogen-bond donors (Lipinski definition) is 1. The number of rotatable bonds is 3. The number of nitrogens with two attached hydrogens (primary N) is 1. The van der Waals surface area contributed by atoms with E-state index < -0.39 is 0 Å². The van der Waals surface area contributed by atoms with Gasteiger partial charge in [0, 0.05) is 0 Å². The summed E-state index contributed by atoms with van der Waals surface area (Å²) in [6.07, 6.45) is 3.78. The molecular formula is C11H15N. The second kappa shape index (κ2) is 3.28. The number of benzene rings is 1. The van der Waals surface area contributed by atoms with Crippen molar-refractivity contribution in [2.75, 3.05) is 6.54 Å². The van der Waals surface area contributed by atoms with E-state index >= 15 is 0 Å². The van der Waals surface area contributed by atoms with E-state index in [2.05, 4.69) is 24.3 Å². The van der Waals surface area contributed by atoms with E-state index in [0.29, 0.717) is 0 Å². The molecule has 1 nitrogen and oxygen atoms in total. The van der Waals surface area contributed by atoms with Crippen molar-refractivity contribution in [1.29, 1.82) is 0 Å². The van der Waals surface area contributed by atoms with Gasteiger partial charge < -0.3 is 5.73 Å². The lowest BCUT2D eigenvalue weighted by molar-refractivity contribution is 0.965. The molecule has 0 spiro atoms. The third kappa shape index (κ3) is 1.67. The molecule has 1 aliphatic rings. The van der Waals surface area contributed by atoms with Crippen molar-refractivity contribution in [2.24, 2.45) is 5.73 Å². The van der Waals surface area contributed by atoms with E-state index in [-0.39, 0.29) is 0 Å². The van der Waals surface area contributed by atoms with E-state index in [1.165, 1.54) is 24.0 Å². The zero-order valence-electron chi connectivity index (χ0n) is 7.29. The minimum absolute atomic E-state index is 0.753. The van der Waals surface area contributed by atoms with Crippen molar-refractivity contribution in [3.63, 3.8) is 0 Å². The van der Waals surface area contributed by atoms with Gasteiger partial charge in [-0.1, -0.05) is 24.3 Å². The summed E-state index contributed by atoms with van der Waals surface area (Å²) in [4.78, 5) is 0. The zero-order valence-corrected chi connectivity index (χ0v) is 7.29. The summed E-state index contributed by atoms with van der Waals surface area (Å²) >= 11 is 0. The Balaban J connectivity index is 2.08. The Bertz CT molecular complexity index is 246. The Kier molecular flexibility index (Phi) is 2.13. The maximum Gasteiger partial charge on any atom is -0.00367 e. The molecule has 1 aliphatic carbocycles. The molecular weight excluding hydrogens is 146 g/mol. The molecule has 0 amide bonds. The highest BCUT2D eigenvalue weighted by molar-refractivity contribution is 5.28. The summed E-state index contributed by atoms with van der Waals surface area (Å²) in [6.45, 7) is 0.753. The fraction of sp³-hybridized carbons (Fsp3) is 0.455.